The molecule has 2 aromatic heterocycles. The average molecular weight is 540 g/mol. The van der Waals surface area contributed by atoms with E-state index >= 15 is 0 Å². The second-order valence-electron chi connectivity index (χ2n) is 9.03. The van der Waals surface area contributed by atoms with E-state index in [1.54, 1.807) is 43.3 Å². The molecule has 206 valence electrons. The van der Waals surface area contributed by atoms with Crippen LogP contribution in [-0.2, 0) is 16.0 Å². The molecule has 2 amide bonds. The number of anilines is 1. The number of aliphatic hydroxyl groups is 2. The van der Waals surface area contributed by atoms with Crippen LogP contribution in [0.2, 0.25) is 0 Å². The Bertz CT molecular complexity index is 1360. The number of rotatable bonds is 10. The van der Waals surface area contributed by atoms with Gasteiger partial charge in [-0.2, -0.15) is 0 Å². The first-order chi connectivity index (χ1) is 18.7. The minimum absolute atomic E-state index is 0.0147. The zero-order valence-corrected chi connectivity index (χ0v) is 21.3. The number of aromatic nitrogens is 4. The van der Waals surface area contributed by atoms with Crippen molar-refractivity contribution in [3.63, 3.8) is 0 Å². The zero-order valence-electron chi connectivity index (χ0n) is 21.3. The van der Waals surface area contributed by atoms with Crippen molar-refractivity contribution in [1.29, 1.82) is 0 Å². The van der Waals surface area contributed by atoms with Crippen LogP contribution in [0, 0.1) is 12.3 Å². The first-order valence-corrected chi connectivity index (χ1v) is 12.0. The molecule has 1 aliphatic heterocycles. The second kappa shape index (κ2) is 11.9. The van der Waals surface area contributed by atoms with Crippen molar-refractivity contribution in [3.05, 3.63) is 42.5 Å². The van der Waals surface area contributed by atoms with Crippen molar-refractivity contribution in [1.82, 2.24) is 30.2 Å². The third-order valence-corrected chi connectivity index (χ3v) is 6.20. The Hall–Kier alpha value is -4.45. The third kappa shape index (κ3) is 6.01. The van der Waals surface area contributed by atoms with Crippen LogP contribution in [0.4, 0.5) is 10.6 Å². The number of benzene rings is 1. The maximum absolute atomic E-state index is 13.2. The molecule has 3 heterocycles. The molecular formula is C25H29N7O7. The number of ether oxygens (including phenoxy) is 2. The van der Waals surface area contributed by atoms with Crippen LogP contribution in [0.15, 0.2) is 36.9 Å². The molecule has 3 aromatic rings. The second-order valence-corrected chi connectivity index (χ2v) is 9.03. The minimum Gasteiger partial charge on any atom is -0.481 e. The fourth-order valence-electron chi connectivity index (χ4n) is 4.37. The highest BCUT2D eigenvalue weighted by atomic mass is 16.5. The summed E-state index contributed by atoms with van der Waals surface area (Å²) in [6.07, 6.45) is 3.25. The third-order valence-electron chi connectivity index (χ3n) is 6.20. The number of amides is 2. The molecule has 0 bridgehead atoms. The molecule has 39 heavy (non-hydrogen) atoms. The highest BCUT2D eigenvalue weighted by Crippen LogP contribution is 2.32. The van der Waals surface area contributed by atoms with E-state index in [2.05, 4.69) is 31.5 Å². The molecule has 14 nitrogen and oxygen atoms in total. The van der Waals surface area contributed by atoms with Gasteiger partial charge in [-0.3, -0.25) is 9.36 Å². The average Bonchev–Trinajstić information content (AvgIpc) is 3.48. The van der Waals surface area contributed by atoms with Crippen LogP contribution in [0.1, 0.15) is 11.8 Å². The molecule has 4 rings (SSSR count). The quantitative estimate of drug-likeness (QED) is 0.210. The highest BCUT2D eigenvalue weighted by molar-refractivity contribution is 5.86. The summed E-state index contributed by atoms with van der Waals surface area (Å²) in [6.45, 7) is -0.415. The summed E-state index contributed by atoms with van der Waals surface area (Å²) in [7, 11) is 3.61. The summed E-state index contributed by atoms with van der Waals surface area (Å²) >= 11 is 0. The van der Waals surface area contributed by atoms with Crippen LogP contribution in [0.3, 0.4) is 0 Å². The van der Waals surface area contributed by atoms with Gasteiger partial charge in [0, 0.05) is 20.5 Å². The number of terminal acetylenes is 1. The largest absolute Gasteiger partial charge is 0.481 e. The number of hydrogen-bond donors (Lipinski definition) is 5. The van der Waals surface area contributed by atoms with E-state index in [1.165, 1.54) is 17.2 Å². The van der Waals surface area contributed by atoms with E-state index in [1.807, 2.05) is 0 Å². The van der Waals surface area contributed by atoms with Crippen molar-refractivity contribution in [3.8, 4) is 18.1 Å². The van der Waals surface area contributed by atoms with E-state index in [4.69, 9.17) is 15.9 Å². The Morgan fingerprint density at radius 1 is 1.26 bits per heavy atom. The van der Waals surface area contributed by atoms with Gasteiger partial charge >= 0.3 is 6.09 Å². The van der Waals surface area contributed by atoms with Crippen LogP contribution in [-0.4, -0.2) is 98.4 Å². The first-order valence-electron chi connectivity index (χ1n) is 12.0. The fourth-order valence-corrected chi connectivity index (χ4v) is 4.37. The SMILES string of the molecule is C#CCOc1ccc(C[C@H](NC(=O)O)C(=O)N[C@H]2[C@@H](O)[C@H](n3cnc4c(N(C)C)ncnc43)O[C@@H]2CO)cc1. The molecule has 1 aliphatic rings. The molecule has 5 N–H and O–H groups in total. The van der Waals surface area contributed by atoms with E-state index in [-0.39, 0.29) is 13.0 Å². The fraction of sp³-hybridized carbons (Fsp3) is 0.400. The molecule has 0 spiro atoms. The zero-order chi connectivity index (χ0) is 28.1. The maximum atomic E-state index is 13.2. The van der Waals surface area contributed by atoms with Gasteiger partial charge < -0.3 is 40.3 Å². The number of carboxylic acid groups (broad SMARTS) is 1. The lowest BCUT2D eigenvalue weighted by atomic mass is 10.0. The summed E-state index contributed by atoms with van der Waals surface area (Å²) in [5.74, 6) is 2.75. The molecule has 0 unspecified atom stereocenters. The predicted octanol–water partition coefficient (Wildman–Crippen LogP) is -0.481. The van der Waals surface area contributed by atoms with Crippen molar-refractivity contribution in [2.24, 2.45) is 0 Å². The summed E-state index contributed by atoms with van der Waals surface area (Å²) in [5, 5.41) is 35.3. The summed E-state index contributed by atoms with van der Waals surface area (Å²) in [4.78, 5) is 39.2. The molecule has 0 saturated carbocycles. The lowest BCUT2D eigenvalue weighted by molar-refractivity contribution is -0.124. The van der Waals surface area contributed by atoms with E-state index < -0.39 is 49.1 Å². The molecule has 14 heteroatoms. The number of hydrogen-bond acceptors (Lipinski definition) is 10. The smallest absolute Gasteiger partial charge is 0.405 e. The number of fused-ring (bicyclic) bond motifs is 1. The van der Waals surface area contributed by atoms with Crippen molar-refractivity contribution < 1.29 is 34.4 Å². The van der Waals surface area contributed by atoms with Gasteiger partial charge in [0.15, 0.2) is 23.2 Å². The van der Waals surface area contributed by atoms with Gasteiger partial charge in [-0.1, -0.05) is 18.1 Å². The normalized spacial score (nSPS) is 21.2. The van der Waals surface area contributed by atoms with Gasteiger partial charge in [-0.25, -0.2) is 19.7 Å². The maximum Gasteiger partial charge on any atom is 0.405 e. The van der Waals surface area contributed by atoms with E-state index in [0.717, 1.165) is 0 Å². The number of nitrogens with one attached hydrogen (secondary N) is 2. The van der Waals surface area contributed by atoms with Crippen molar-refractivity contribution in [2.45, 2.75) is 36.9 Å². The summed E-state index contributed by atoms with van der Waals surface area (Å²) < 4.78 is 12.7. The monoisotopic (exact) mass is 539 g/mol. The number of aliphatic hydroxyl groups excluding tert-OH is 2. The Balaban J connectivity index is 1.52. The lowest BCUT2D eigenvalue weighted by Gasteiger charge is -2.24. The topological polar surface area (TPSA) is 184 Å². The Labute approximate surface area is 223 Å². The summed E-state index contributed by atoms with van der Waals surface area (Å²) in [5.41, 5.74) is 1.52. The van der Waals surface area contributed by atoms with Crippen molar-refractivity contribution >= 4 is 29.0 Å². The van der Waals surface area contributed by atoms with Crippen LogP contribution < -0.4 is 20.3 Å². The van der Waals surface area contributed by atoms with Gasteiger partial charge in [0.1, 0.15) is 36.9 Å². The molecule has 1 saturated heterocycles. The number of imidazole rings is 1. The predicted molar refractivity (Wildman–Crippen MR) is 138 cm³/mol. The molecule has 0 aliphatic carbocycles. The van der Waals surface area contributed by atoms with Crippen LogP contribution >= 0.6 is 0 Å². The number of nitrogens with zero attached hydrogens (tertiary/aromatic N) is 5. The highest BCUT2D eigenvalue weighted by Gasteiger charge is 2.46. The lowest BCUT2D eigenvalue weighted by Crippen LogP contribution is -2.55. The molecule has 1 fully saturated rings. The van der Waals surface area contributed by atoms with Gasteiger partial charge in [0.25, 0.3) is 0 Å². The Morgan fingerprint density at radius 2 is 2.00 bits per heavy atom. The molecule has 0 radical (unpaired) electrons. The minimum atomic E-state index is -1.40. The van der Waals surface area contributed by atoms with Crippen molar-refractivity contribution in [2.75, 3.05) is 32.2 Å². The first kappa shape index (κ1) is 27.6. The molecular weight excluding hydrogens is 510 g/mol. The van der Waals surface area contributed by atoms with Gasteiger partial charge in [0.05, 0.1) is 19.0 Å². The number of carbonyl (C=O) groups excluding carboxylic acids is 1. The standard InChI is InChI=1S/C25H29N7O7/c1-4-9-38-15-7-5-14(6-8-15)10-16(29-25(36)37)23(35)30-18-17(11-33)39-24(20(18)34)32-13-28-19-21(31(2)3)26-12-27-22(19)32/h1,5-8,12-13,16-18,20,24,29,33-34H,9-11H2,2-3H3,(H,30,35)(H,36,37)/t16-,17+,18+,20+,24+/m0/s1. The number of carbonyl (C=O) groups is 2. The Morgan fingerprint density at radius 3 is 2.64 bits per heavy atom. The summed E-state index contributed by atoms with van der Waals surface area (Å²) in [6, 6.07) is 4.43. The van der Waals surface area contributed by atoms with Gasteiger partial charge in [-0.05, 0) is 17.7 Å². The molecule has 1 aromatic carbocycles. The Kier molecular flexibility index (Phi) is 8.45. The van der Waals surface area contributed by atoms with E-state index in [0.29, 0.717) is 28.3 Å². The van der Waals surface area contributed by atoms with Gasteiger partial charge in [0.2, 0.25) is 5.91 Å². The van der Waals surface area contributed by atoms with Crippen LogP contribution in [0.25, 0.3) is 11.2 Å². The molecule has 5 atom stereocenters. The van der Waals surface area contributed by atoms with E-state index in [9.17, 15) is 24.9 Å². The van der Waals surface area contributed by atoms with Crippen LogP contribution in [0.5, 0.6) is 5.75 Å². The van der Waals surface area contributed by atoms with Gasteiger partial charge in [-0.15, -0.1) is 6.42 Å².